The van der Waals surface area contributed by atoms with Gasteiger partial charge in [0.25, 0.3) is 0 Å². The van der Waals surface area contributed by atoms with Gasteiger partial charge in [-0.25, -0.2) is 0 Å². The first kappa shape index (κ1) is 16.6. The molecule has 0 radical (unpaired) electrons. The third kappa shape index (κ3) is 4.36. The zero-order valence-electron chi connectivity index (χ0n) is 12.6. The smallest absolute Gasteiger partial charge is 0.228 e. The van der Waals surface area contributed by atoms with Crippen LogP contribution in [0.2, 0.25) is 5.02 Å². The van der Waals surface area contributed by atoms with Gasteiger partial charge in [0, 0.05) is 25.2 Å². The maximum absolute atomic E-state index is 12.4. The second-order valence-electron chi connectivity index (χ2n) is 5.39. The van der Waals surface area contributed by atoms with Crippen molar-refractivity contribution < 1.29 is 9.53 Å². The molecule has 0 aromatic heterocycles. The molecular formula is C16H20ClN3O2. The van der Waals surface area contributed by atoms with Gasteiger partial charge < -0.3 is 15.0 Å². The van der Waals surface area contributed by atoms with E-state index in [4.69, 9.17) is 21.6 Å². The van der Waals surface area contributed by atoms with Crippen molar-refractivity contribution in [3.8, 4) is 11.8 Å². The number of rotatable bonds is 5. The van der Waals surface area contributed by atoms with Crippen molar-refractivity contribution in [2.45, 2.75) is 19.3 Å². The predicted molar refractivity (Wildman–Crippen MR) is 86.0 cm³/mol. The first-order valence-electron chi connectivity index (χ1n) is 7.37. The van der Waals surface area contributed by atoms with Crippen LogP contribution in [0, 0.1) is 17.2 Å². The first-order valence-corrected chi connectivity index (χ1v) is 7.75. The average molecular weight is 322 g/mol. The van der Waals surface area contributed by atoms with E-state index >= 15 is 0 Å². The van der Waals surface area contributed by atoms with Crippen LogP contribution in [0.15, 0.2) is 18.2 Å². The third-order valence-electron chi connectivity index (χ3n) is 3.84. The molecule has 1 aliphatic rings. The fourth-order valence-corrected chi connectivity index (χ4v) is 2.93. The molecule has 1 amide bonds. The number of piperidine rings is 1. The lowest BCUT2D eigenvalue weighted by Crippen LogP contribution is -2.41. The molecule has 1 N–H and O–H groups in total. The molecule has 0 spiro atoms. The quantitative estimate of drug-likeness (QED) is 0.905. The number of ether oxygens (including phenoxy) is 1. The van der Waals surface area contributed by atoms with Crippen LogP contribution in [0.1, 0.15) is 19.3 Å². The number of amides is 1. The van der Waals surface area contributed by atoms with Crippen LogP contribution >= 0.6 is 11.6 Å². The lowest BCUT2D eigenvalue weighted by Gasteiger charge is -2.31. The lowest BCUT2D eigenvalue weighted by atomic mass is 9.97. The topological polar surface area (TPSA) is 65.4 Å². The molecule has 0 bridgehead atoms. The summed E-state index contributed by atoms with van der Waals surface area (Å²) in [5, 5.41) is 12.0. The Balaban J connectivity index is 1.94. The molecule has 22 heavy (non-hydrogen) atoms. The maximum atomic E-state index is 12.4. The predicted octanol–water partition coefficient (Wildman–Crippen LogP) is 2.91. The molecule has 1 heterocycles. The number of carbonyl (C=O) groups is 1. The largest absolute Gasteiger partial charge is 0.495 e. The van der Waals surface area contributed by atoms with E-state index in [0.717, 1.165) is 25.9 Å². The molecule has 1 aromatic rings. The van der Waals surface area contributed by atoms with Gasteiger partial charge in [-0.1, -0.05) is 11.6 Å². The molecule has 1 atom stereocenters. The van der Waals surface area contributed by atoms with Crippen LogP contribution in [0.25, 0.3) is 0 Å². The fraction of sp³-hybridized carbons (Fsp3) is 0.500. The van der Waals surface area contributed by atoms with Gasteiger partial charge in [-0.2, -0.15) is 5.26 Å². The van der Waals surface area contributed by atoms with Crippen molar-refractivity contribution in [3.63, 3.8) is 0 Å². The highest BCUT2D eigenvalue weighted by atomic mass is 35.5. The number of nitriles is 1. The number of hydrogen-bond donors (Lipinski definition) is 1. The van der Waals surface area contributed by atoms with E-state index in [2.05, 4.69) is 16.3 Å². The summed E-state index contributed by atoms with van der Waals surface area (Å²) in [5.74, 6) is 0.538. The Morgan fingerprint density at radius 2 is 2.41 bits per heavy atom. The van der Waals surface area contributed by atoms with E-state index in [9.17, 15) is 4.79 Å². The van der Waals surface area contributed by atoms with Gasteiger partial charge in [-0.3, -0.25) is 4.79 Å². The van der Waals surface area contributed by atoms with Crippen LogP contribution in [0.4, 0.5) is 5.69 Å². The summed E-state index contributed by atoms with van der Waals surface area (Å²) in [7, 11) is 1.55. The molecule has 5 nitrogen and oxygen atoms in total. The highest BCUT2D eigenvalue weighted by molar-refractivity contribution is 6.32. The molecule has 2 rings (SSSR count). The van der Waals surface area contributed by atoms with Crippen LogP contribution in [-0.2, 0) is 4.79 Å². The van der Waals surface area contributed by atoms with Crippen molar-refractivity contribution in [2.75, 3.05) is 32.1 Å². The average Bonchev–Trinajstić information content (AvgIpc) is 2.53. The zero-order chi connectivity index (χ0) is 15.9. The number of methoxy groups -OCH3 is 1. The number of halogens is 1. The molecule has 1 fully saturated rings. The summed E-state index contributed by atoms with van der Waals surface area (Å²) in [6, 6.07) is 7.35. The first-order chi connectivity index (χ1) is 10.6. The number of anilines is 1. The van der Waals surface area contributed by atoms with E-state index in [0.29, 0.717) is 29.4 Å². The van der Waals surface area contributed by atoms with Crippen LogP contribution in [0.5, 0.6) is 5.75 Å². The molecule has 1 aromatic carbocycles. The van der Waals surface area contributed by atoms with E-state index in [-0.39, 0.29) is 11.8 Å². The van der Waals surface area contributed by atoms with Crippen LogP contribution in [0.3, 0.4) is 0 Å². The highest BCUT2D eigenvalue weighted by Gasteiger charge is 2.25. The Morgan fingerprint density at radius 1 is 1.59 bits per heavy atom. The van der Waals surface area contributed by atoms with Crippen molar-refractivity contribution in [2.24, 2.45) is 5.92 Å². The monoisotopic (exact) mass is 321 g/mol. The maximum Gasteiger partial charge on any atom is 0.228 e. The number of hydrogen-bond acceptors (Lipinski definition) is 4. The number of benzene rings is 1. The van der Waals surface area contributed by atoms with E-state index in [1.54, 1.807) is 25.3 Å². The van der Waals surface area contributed by atoms with Gasteiger partial charge in [-0.15, -0.1) is 0 Å². The Labute approximate surface area is 135 Å². The van der Waals surface area contributed by atoms with Gasteiger partial charge in [-0.05, 0) is 37.6 Å². The summed E-state index contributed by atoms with van der Waals surface area (Å²) in [6.45, 7) is 2.39. The fourth-order valence-electron chi connectivity index (χ4n) is 2.67. The minimum Gasteiger partial charge on any atom is -0.495 e. The standard InChI is InChI=1S/C16H20ClN3O2/c1-22-15-6-5-13(10-14(15)17)19-16(21)12-4-2-8-20(11-12)9-3-7-18/h5-6,10,12H,2-4,8-9,11H2,1H3,(H,19,21). The van der Waals surface area contributed by atoms with Crippen molar-refractivity contribution in [1.82, 2.24) is 4.90 Å². The van der Waals surface area contributed by atoms with Gasteiger partial charge in [0.1, 0.15) is 5.75 Å². The molecule has 0 aliphatic carbocycles. The van der Waals surface area contributed by atoms with Crippen LogP contribution in [-0.4, -0.2) is 37.6 Å². The van der Waals surface area contributed by atoms with Gasteiger partial charge >= 0.3 is 0 Å². The summed E-state index contributed by atoms with van der Waals surface area (Å²) >= 11 is 6.06. The molecular weight excluding hydrogens is 302 g/mol. The SMILES string of the molecule is COc1ccc(NC(=O)C2CCCN(CCC#N)C2)cc1Cl. The van der Waals surface area contributed by atoms with Crippen molar-refractivity contribution >= 4 is 23.2 Å². The Bertz CT molecular complexity index is 571. The summed E-state index contributed by atoms with van der Waals surface area (Å²) in [5.41, 5.74) is 0.671. The number of likely N-dealkylation sites (tertiary alicyclic amines) is 1. The second kappa shape index (κ2) is 8.02. The van der Waals surface area contributed by atoms with Gasteiger partial charge in [0.2, 0.25) is 5.91 Å². The molecule has 1 aliphatic heterocycles. The van der Waals surface area contributed by atoms with Gasteiger partial charge in [0.15, 0.2) is 0 Å². The number of nitrogens with one attached hydrogen (secondary N) is 1. The summed E-state index contributed by atoms with van der Waals surface area (Å²) < 4.78 is 5.10. The normalized spacial score (nSPS) is 18.5. The zero-order valence-corrected chi connectivity index (χ0v) is 13.4. The van der Waals surface area contributed by atoms with Gasteiger partial charge in [0.05, 0.1) is 24.1 Å². The van der Waals surface area contributed by atoms with Crippen molar-refractivity contribution in [3.05, 3.63) is 23.2 Å². The molecule has 1 saturated heterocycles. The minimum absolute atomic E-state index is 0.00268. The summed E-state index contributed by atoms with van der Waals surface area (Å²) in [6.07, 6.45) is 2.36. The molecule has 1 unspecified atom stereocenters. The summed E-state index contributed by atoms with van der Waals surface area (Å²) in [4.78, 5) is 14.6. The highest BCUT2D eigenvalue weighted by Crippen LogP contribution is 2.28. The number of nitrogens with zero attached hydrogens (tertiary/aromatic N) is 2. The van der Waals surface area contributed by atoms with E-state index in [1.807, 2.05) is 0 Å². The number of carbonyl (C=O) groups excluding carboxylic acids is 1. The molecule has 0 saturated carbocycles. The van der Waals surface area contributed by atoms with E-state index < -0.39 is 0 Å². The lowest BCUT2D eigenvalue weighted by molar-refractivity contribution is -0.121. The minimum atomic E-state index is -0.0479. The van der Waals surface area contributed by atoms with Crippen molar-refractivity contribution in [1.29, 1.82) is 5.26 Å². The second-order valence-corrected chi connectivity index (χ2v) is 5.79. The van der Waals surface area contributed by atoms with E-state index in [1.165, 1.54) is 0 Å². The molecule has 6 heteroatoms. The van der Waals surface area contributed by atoms with Crippen LogP contribution < -0.4 is 10.1 Å². The Morgan fingerprint density at radius 3 is 3.09 bits per heavy atom. The Kier molecular flexibility index (Phi) is 6.05. The Hall–Kier alpha value is -1.77. The molecule has 118 valence electrons. The third-order valence-corrected chi connectivity index (χ3v) is 4.13.